The lowest BCUT2D eigenvalue weighted by atomic mass is 10.0. The predicted octanol–water partition coefficient (Wildman–Crippen LogP) is 3.58. The molecule has 0 unspecified atom stereocenters. The second kappa shape index (κ2) is 7.41. The van der Waals surface area contributed by atoms with E-state index in [4.69, 9.17) is 4.74 Å². The number of nitrogens with one attached hydrogen (secondary N) is 1. The summed E-state index contributed by atoms with van der Waals surface area (Å²) in [6.45, 7) is 4.30. The van der Waals surface area contributed by atoms with Crippen LogP contribution < -0.4 is 10.2 Å². The van der Waals surface area contributed by atoms with Crippen LogP contribution in [-0.2, 0) is 0 Å². The zero-order valence-corrected chi connectivity index (χ0v) is 13.0. The quantitative estimate of drug-likeness (QED) is 0.677. The largest absolute Gasteiger partial charge is 0.497 e. The normalized spacial score (nSPS) is 10.9. The Morgan fingerprint density at radius 1 is 1.18 bits per heavy atom. The molecule has 0 fully saturated rings. The zero-order chi connectivity index (χ0) is 15.9. The van der Waals surface area contributed by atoms with Gasteiger partial charge in [-0.2, -0.15) is 5.10 Å². The summed E-state index contributed by atoms with van der Waals surface area (Å²) in [5.41, 5.74) is 5.23. The van der Waals surface area contributed by atoms with Gasteiger partial charge in [0.05, 0.1) is 13.3 Å². The Morgan fingerprint density at radius 3 is 2.55 bits per heavy atom. The van der Waals surface area contributed by atoms with Crippen molar-refractivity contribution in [3.8, 4) is 5.75 Å². The second-order valence-corrected chi connectivity index (χ2v) is 5.25. The molecular weight excluding hydrogens is 276 g/mol. The molecular formula is C18H20N2O2. The van der Waals surface area contributed by atoms with E-state index in [0.717, 1.165) is 5.56 Å². The van der Waals surface area contributed by atoms with E-state index < -0.39 is 0 Å². The number of hydrogen-bond acceptors (Lipinski definition) is 3. The van der Waals surface area contributed by atoms with Crippen molar-refractivity contribution in [3.05, 3.63) is 65.2 Å². The lowest BCUT2D eigenvalue weighted by Crippen LogP contribution is -2.17. The van der Waals surface area contributed by atoms with Crippen LogP contribution in [0.25, 0.3) is 0 Å². The van der Waals surface area contributed by atoms with Crippen molar-refractivity contribution in [2.75, 3.05) is 7.11 Å². The van der Waals surface area contributed by atoms with Crippen molar-refractivity contribution in [3.63, 3.8) is 0 Å². The molecule has 0 aliphatic carbocycles. The maximum absolute atomic E-state index is 12.0. The summed E-state index contributed by atoms with van der Waals surface area (Å²) in [6.07, 6.45) is 1.63. The summed E-state index contributed by atoms with van der Waals surface area (Å²) >= 11 is 0. The van der Waals surface area contributed by atoms with Crippen LogP contribution in [0.15, 0.2) is 53.6 Å². The molecule has 2 aromatic carbocycles. The lowest BCUT2D eigenvalue weighted by Gasteiger charge is -2.05. The van der Waals surface area contributed by atoms with Crippen molar-refractivity contribution in [1.82, 2.24) is 5.43 Å². The minimum Gasteiger partial charge on any atom is -0.497 e. The molecule has 0 bridgehead atoms. The van der Waals surface area contributed by atoms with Gasteiger partial charge >= 0.3 is 0 Å². The molecule has 0 heterocycles. The first-order valence-corrected chi connectivity index (χ1v) is 7.17. The molecule has 2 aromatic rings. The molecule has 2 rings (SSSR count). The third kappa shape index (κ3) is 4.19. The summed E-state index contributed by atoms with van der Waals surface area (Å²) in [6, 6.07) is 15.0. The maximum atomic E-state index is 12.0. The summed E-state index contributed by atoms with van der Waals surface area (Å²) in [5.74, 6) is 0.869. The number of carbonyl (C=O) groups is 1. The van der Waals surface area contributed by atoms with Crippen molar-refractivity contribution in [2.45, 2.75) is 19.8 Å². The predicted molar refractivity (Wildman–Crippen MR) is 88.6 cm³/mol. The Balaban J connectivity index is 1.97. The highest BCUT2D eigenvalue weighted by Crippen LogP contribution is 2.14. The van der Waals surface area contributed by atoms with Gasteiger partial charge in [0, 0.05) is 5.56 Å². The highest BCUT2D eigenvalue weighted by Gasteiger charge is 2.05. The number of rotatable bonds is 5. The molecule has 4 heteroatoms. The van der Waals surface area contributed by atoms with Gasteiger partial charge in [-0.3, -0.25) is 4.79 Å². The van der Waals surface area contributed by atoms with Gasteiger partial charge < -0.3 is 4.74 Å². The van der Waals surface area contributed by atoms with E-state index in [0.29, 0.717) is 17.2 Å². The van der Waals surface area contributed by atoms with Gasteiger partial charge in [0.15, 0.2) is 0 Å². The molecule has 0 aromatic heterocycles. The number of ether oxygens (including phenoxy) is 1. The Morgan fingerprint density at radius 2 is 1.91 bits per heavy atom. The average Bonchev–Trinajstić information content (AvgIpc) is 2.55. The fourth-order valence-corrected chi connectivity index (χ4v) is 1.96. The molecule has 1 N–H and O–H groups in total. The highest BCUT2D eigenvalue weighted by atomic mass is 16.5. The molecule has 4 nitrogen and oxygen atoms in total. The molecule has 0 radical (unpaired) electrons. The minimum atomic E-state index is -0.269. The van der Waals surface area contributed by atoms with E-state index in [1.807, 2.05) is 12.1 Å². The third-order valence-electron chi connectivity index (χ3n) is 3.31. The lowest BCUT2D eigenvalue weighted by molar-refractivity contribution is 0.0955. The minimum absolute atomic E-state index is 0.269. The molecule has 0 aliphatic rings. The third-order valence-corrected chi connectivity index (χ3v) is 3.31. The average molecular weight is 296 g/mol. The SMILES string of the molecule is COc1cccc(C(=O)N/N=C\c2ccc(C(C)C)cc2)c1. The zero-order valence-electron chi connectivity index (χ0n) is 13.0. The van der Waals surface area contributed by atoms with Gasteiger partial charge in [-0.1, -0.05) is 44.2 Å². The maximum Gasteiger partial charge on any atom is 0.271 e. The van der Waals surface area contributed by atoms with Crippen LogP contribution in [0.1, 0.15) is 41.3 Å². The fourth-order valence-electron chi connectivity index (χ4n) is 1.96. The van der Waals surface area contributed by atoms with Crippen LogP contribution in [0.2, 0.25) is 0 Å². The molecule has 0 saturated carbocycles. The number of carbonyl (C=O) groups excluding carboxylic acids is 1. The van der Waals surface area contributed by atoms with Crippen LogP contribution in [0, 0.1) is 0 Å². The molecule has 0 saturated heterocycles. The van der Waals surface area contributed by atoms with Crippen LogP contribution in [-0.4, -0.2) is 19.2 Å². The monoisotopic (exact) mass is 296 g/mol. The first kappa shape index (κ1) is 15.8. The van der Waals surface area contributed by atoms with Gasteiger partial charge in [-0.05, 0) is 35.2 Å². The van der Waals surface area contributed by atoms with E-state index in [-0.39, 0.29) is 5.91 Å². The summed E-state index contributed by atoms with van der Waals surface area (Å²) in [4.78, 5) is 12.0. The number of methoxy groups -OCH3 is 1. The Kier molecular flexibility index (Phi) is 5.31. The topological polar surface area (TPSA) is 50.7 Å². The summed E-state index contributed by atoms with van der Waals surface area (Å²) in [5, 5.41) is 3.98. The molecule has 0 atom stereocenters. The van der Waals surface area contributed by atoms with Crippen LogP contribution >= 0.6 is 0 Å². The molecule has 0 aliphatic heterocycles. The van der Waals surface area contributed by atoms with Crippen LogP contribution in [0.5, 0.6) is 5.75 Å². The van der Waals surface area contributed by atoms with Crippen molar-refractivity contribution in [1.29, 1.82) is 0 Å². The molecule has 114 valence electrons. The standard InChI is InChI=1S/C18H20N2O2/c1-13(2)15-9-7-14(8-10-15)12-19-20-18(21)16-5-4-6-17(11-16)22-3/h4-13H,1-3H3,(H,20,21)/b19-12-. The molecule has 22 heavy (non-hydrogen) atoms. The van der Waals surface area contributed by atoms with Gasteiger partial charge in [-0.25, -0.2) is 5.43 Å². The highest BCUT2D eigenvalue weighted by molar-refractivity contribution is 5.95. The Hall–Kier alpha value is -2.62. The smallest absolute Gasteiger partial charge is 0.271 e. The molecule has 1 amide bonds. The molecule has 0 spiro atoms. The van der Waals surface area contributed by atoms with Gasteiger partial charge in [-0.15, -0.1) is 0 Å². The Labute approximate surface area is 130 Å². The number of hydrogen-bond donors (Lipinski definition) is 1. The number of nitrogens with zero attached hydrogens (tertiary/aromatic N) is 1. The fraction of sp³-hybridized carbons (Fsp3) is 0.222. The van der Waals surface area contributed by atoms with Crippen molar-refractivity contribution >= 4 is 12.1 Å². The van der Waals surface area contributed by atoms with Crippen molar-refractivity contribution < 1.29 is 9.53 Å². The summed E-state index contributed by atoms with van der Waals surface area (Å²) < 4.78 is 5.09. The van der Waals surface area contributed by atoms with E-state index in [1.165, 1.54) is 5.56 Å². The van der Waals surface area contributed by atoms with E-state index in [1.54, 1.807) is 37.6 Å². The number of benzene rings is 2. The first-order valence-electron chi connectivity index (χ1n) is 7.17. The van der Waals surface area contributed by atoms with Gasteiger partial charge in [0.25, 0.3) is 5.91 Å². The van der Waals surface area contributed by atoms with Crippen molar-refractivity contribution in [2.24, 2.45) is 5.10 Å². The summed E-state index contributed by atoms with van der Waals surface area (Å²) in [7, 11) is 1.57. The second-order valence-electron chi connectivity index (χ2n) is 5.25. The van der Waals surface area contributed by atoms with E-state index in [9.17, 15) is 4.79 Å². The first-order chi connectivity index (χ1) is 10.6. The van der Waals surface area contributed by atoms with E-state index >= 15 is 0 Å². The van der Waals surface area contributed by atoms with Crippen LogP contribution in [0.4, 0.5) is 0 Å². The number of hydrazone groups is 1. The van der Waals surface area contributed by atoms with Crippen LogP contribution in [0.3, 0.4) is 0 Å². The van der Waals surface area contributed by atoms with Gasteiger partial charge in [0.1, 0.15) is 5.75 Å². The van der Waals surface area contributed by atoms with Gasteiger partial charge in [0.2, 0.25) is 0 Å². The number of amides is 1. The van der Waals surface area contributed by atoms with E-state index in [2.05, 4.69) is 36.5 Å². The Bertz CT molecular complexity index is 661.